The number of aromatic nitrogens is 4. The van der Waals surface area contributed by atoms with Crippen LogP contribution in [-0.4, -0.2) is 36.1 Å². The lowest BCUT2D eigenvalue weighted by Crippen LogP contribution is -2.07. The van der Waals surface area contributed by atoms with Gasteiger partial charge in [0.1, 0.15) is 5.82 Å². The first-order valence-corrected chi connectivity index (χ1v) is 10.4. The van der Waals surface area contributed by atoms with Gasteiger partial charge in [0.2, 0.25) is 5.91 Å². The van der Waals surface area contributed by atoms with Crippen LogP contribution in [-0.2, 0) is 11.4 Å². The van der Waals surface area contributed by atoms with Gasteiger partial charge in [0.25, 0.3) is 0 Å². The van der Waals surface area contributed by atoms with Crippen molar-refractivity contribution in [3.05, 3.63) is 60.2 Å². The summed E-state index contributed by atoms with van der Waals surface area (Å²) in [6, 6.07) is 9.09. The number of anilines is 1. The van der Waals surface area contributed by atoms with Gasteiger partial charge in [-0.25, -0.2) is 4.98 Å². The fourth-order valence-electron chi connectivity index (χ4n) is 3.71. The number of pyridine rings is 3. The van der Waals surface area contributed by atoms with Crippen LogP contribution in [0.3, 0.4) is 0 Å². The molecule has 32 heavy (non-hydrogen) atoms. The smallest absolute Gasteiger partial charge is 0.222 e. The van der Waals surface area contributed by atoms with Crippen molar-refractivity contribution in [3.63, 3.8) is 0 Å². The second-order valence-corrected chi connectivity index (χ2v) is 7.99. The molecule has 4 aromatic heterocycles. The molecule has 1 amide bonds. The lowest BCUT2D eigenvalue weighted by molar-refractivity contribution is -0.114. The molecule has 8 nitrogen and oxygen atoms in total. The highest BCUT2D eigenvalue weighted by molar-refractivity contribution is 6.03. The molecule has 0 spiro atoms. The normalized spacial score (nSPS) is 12.3. The number of aliphatic hydroxyl groups is 2. The van der Waals surface area contributed by atoms with Gasteiger partial charge in [-0.05, 0) is 30.2 Å². The third-order valence-corrected chi connectivity index (χ3v) is 5.30. The van der Waals surface area contributed by atoms with E-state index in [1.165, 1.54) is 6.92 Å². The molecule has 0 bridgehead atoms. The summed E-state index contributed by atoms with van der Waals surface area (Å²) in [6.07, 6.45) is 4.35. The number of amides is 1. The molecular formula is C24H25N5O3. The Morgan fingerprint density at radius 2 is 1.88 bits per heavy atom. The molecular weight excluding hydrogens is 406 g/mol. The predicted molar refractivity (Wildman–Crippen MR) is 123 cm³/mol. The molecule has 0 aliphatic carbocycles. The van der Waals surface area contributed by atoms with Crippen molar-refractivity contribution in [2.24, 2.45) is 5.92 Å². The van der Waals surface area contributed by atoms with Gasteiger partial charge in [-0.15, -0.1) is 0 Å². The molecule has 164 valence electrons. The van der Waals surface area contributed by atoms with Gasteiger partial charge in [-0.2, -0.15) is 0 Å². The zero-order valence-corrected chi connectivity index (χ0v) is 18.1. The zero-order valence-electron chi connectivity index (χ0n) is 18.1. The van der Waals surface area contributed by atoms with E-state index >= 15 is 0 Å². The fraction of sp³-hybridized carbons (Fsp3) is 0.250. The number of aromatic amines is 1. The average molecular weight is 431 g/mol. The number of fused-ring (bicyclic) bond motifs is 1. The Morgan fingerprint density at radius 3 is 2.53 bits per heavy atom. The Morgan fingerprint density at radius 1 is 1.09 bits per heavy atom. The third kappa shape index (κ3) is 4.10. The highest BCUT2D eigenvalue weighted by Gasteiger charge is 2.22. The van der Waals surface area contributed by atoms with E-state index in [2.05, 4.69) is 25.3 Å². The second-order valence-electron chi connectivity index (χ2n) is 7.99. The SMILES string of the molecule is CC(=O)Nc1cc(-c2[nH]c3c(C(O)C(C)C)ccnc3c2-c2ccc(CO)nc2)ccn1. The average Bonchev–Trinajstić information content (AvgIpc) is 3.18. The van der Waals surface area contributed by atoms with E-state index in [0.29, 0.717) is 17.0 Å². The number of rotatable bonds is 6. The molecule has 1 unspecified atom stereocenters. The van der Waals surface area contributed by atoms with E-state index in [0.717, 1.165) is 33.5 Å². The molecule has 1 atom stereocenters. The minimum absolute atomic E-state index is 0.0219. The monoisotopic (exact) mass is 431 g/mol. The summed E-state index contributed by atoms with van der Waals surface area (Å²) in [5.74, 6) is 0.247. The molecule has 4 rings (SSSR count). The molecule has 0 aliphatic heterocycles. The topological polar surface area (TPSA) is 124 Å². The van der Waals surface area contributed by atoms with Gasteiger partial charge >= 0.3 is 0 Å². The molecule has 0 radical (unpaired) electrons. The van der Waals surface area contributed by atoms with Gasteiger partial charge in [0, 0.05) is 47.8 Å². The van der Waals surface area contributed by atoms with Crippen LogP contribution >= 0.6 is 0 Å². The lowest BCUT2D eigenvalue weighted by Gasteiger charge is -2.15. The third-order valence-electron chi connectivity index (χ3n) is 5.30. The van der Waals surface area contributed by atoms with Crippen molar-refractivity contribution in [3.8, 4) is 22.4 Å². The van der Waals surface area contributed by atoms with Crippen molar-refractivity contribution in [2.75, 3.05) is 5.32 Å². The molecule has 0 fully saturated rings. The number of H-pyrrole nitrogens is 1. The number of nitrogens with zero attached hydrogens (tertiary/aromatic N) is 3. The predicted octanol–water partition coefficient (Wildman–Crippen LogP) is 3.83. The molecule has 0 saturated heterocycles. The van der Waals surface area contributed by atoms with Crippen LogP contribution in [0.15, 0.2) is 48.9 Å². The number of carbonyl (C=O) groups is 1. The number of hydrogen-bond donors (Lipinski definition) is 4. The highest BCUT2D eigenvalue weighted by atomic mass is 16.3. The fourth-order valence-corrected chi connectivity index (χ4v) is 3.71. The van der Waals surface area contributed by atoms with Crippen molar-refractivity contribution in [1.29, 1.82) is 0 Å². The molecule has 0 aromatic carbocycles. The summed E-state index contributed by atoms with van der Waals surface area (Å²) in [7, 11) is 0. The molecule has 4 aromatic rings. The highest BCUT2D eigenvalue weighted by Crippen LogP contribution is 2.40. The summed E-state index contributed by atoms with van der Waals surface area (Å²) >= 11 is 0. The van der Waals surface area contributed by atoms with Gasteiger partial charge in [0.15, 0.2) is 0 Å². The minimum atomic E-state index is -0.665. The molecule has 0 saturated carbocycles. The molecule has 8 heteroatoms. The Labute approximate surface area is 185 Å². The van der Waals surface area contributed by atoms with Gasteiger partial charge in [-0.1, -0.05) is 19.9 Å². The van der Waals surface area contributed by atoms with Crippen molar-refractivity contribution >= 4 is 22.8 Å². The summed E-state index contributed by atoms with van der Waals surface area (Å²) in [5.41, 5.74) is 5.96. The Balaban J connectivity index is 1.98. The first-order valence-electron chi connectivity index (χ1n) is 10.4. The van der Waals surface area contributed by atoms with E-state index in [4.69, 9.17) is 0 Å². The van der Waals surface area contributed by atoms with Gasteiger partial charge in [-0.3, -0.25) is 14.8 Å². The van der Waals surface area contributed by atoms with Crippen LogP contribution in [0.5, 0.6) is 0 Å². The van der Waals surface area contributed by atoms with Crippen LogP contribution in [0, 0.1) is 5.92 Å². The maximum Gasteiger partial charge on any atom is 0.222 e. The summed E-state index contributed by atoms with van der Waals surface area (Å²) < 4.78 is 0. The summed E-state index contributed by atoms with van der Waals surface area (Å²) in [6.45, 7) is 5.21. The summed E-state index contributed by atoms with van der Waals surface area (Å²) in [4.78, 5) is 28.1. The number of nitrogens with one attached hydrogen (secondary N) is 2. The Bertz CT molecular complexity index is 1260. The van der Waals surface area contributed by atoms with Crippen molar-refractivity contribution < 1.29 is 15.0 Å². The second kappa shape index (κ2) is 8.86. The number of aliphatic hydroxyl groups excluding tert-OH is 2. The van der Waals surface area contributed by atoms with E-state index in [1.54, 1.807) is 30.7 Å². The Kier molecular flexibility index (Phi) is 5.98. The summed E-state index contributed by atoms with van der Waals surface area (Å²) in [5, 5.41) is 22.9. The van der Waals surface area contributed by atoms with Crippen LogP contribution in [0.1, 0.15) is 38.1 Å². The van der Waals surface area contributed by atoms with E-state index in [-0.39, 0.29) is 18.4 Å². The number of hydrogen-bond acceptors (Lipinski definition) is 6. The van der Waals surface area contributed by atoms with Crippen LogP contribution in [0.2, 0.25) is 0 Å². The minimum Gasteiger partial charge on any atom is -0.390 e. The Hall–Kier alpha value is -3.62. The molecule has 0 aliphatic rings. The van der Waals surface area contributed by atoms with Crippen molar-refractivity contribution in [1.82, 2.24) is 19.9 Å². The van der Waals surface area contributed by atoms with Gasteiger partial charge < -0.3 is 20.5 Å². The first kappa shape index (κ1) is 21.6. The largest absolute Gasteiger partial charge is 0.390 e. The quantitative estimate of drug-likeness (QED) is 0.368. The van der Waals surface area contributed by atoms with Crippen molar-refractivity contribution in [2.45, 2.75) is 33.5 Å². The molecule has 4 N–H and O–H groups in total. The molecule has 4 heterocycles. The standard InChI is InChI=1S/C24H25N5O3/c1-13(2)24(32)18-7-9-26-23-20(16-4-5-17(12-30)27-11-16)21(29-22(18)23)15-6-8-25-19(10-15)28-14(3)31/h4-11,13,24,29-30,32H,12H2,1-3H3,(H,25,28,31). The maximum absolute atomic E-state index is 11.5. The van der Waals surface area contributed by atoms with E-state index in [9.17, 15) is 15.0 Å². The van der Waals surface area contributed by atoms with Gasteiger partial charge in [0.05, 0.1) is 35.1 Å². The lowest BCUT2D eigenvalue weighted by atomic mass is 9.97. The van der Waals surface area contributed by atoms with E-state index < -0.39 is 6.10 Å². The first-order chi connectivity index (χ1) is 15.4. The van der Waals surface area contributed by atoms with Crippen LogP contribution in [0.25, 0.3) is 33.4 Å². The number of carbonyl (C=O) groups excluding carboxylic acids is 1. The van der Waals surface area contributed by atoms with Crippen LogP contribution in [0.4, 0.5) is 5.82 Å². The van der Waals surface area contributed by atoms with Crippen LogP contribution < -0.4 is 5.32 Å². The zero-order chi connectivity index (χ0) is 22.8. The van der Waals surface area contributed by atoms with E-state index in [1.807, 2.05) is 32.0 Å². The maximum atomic E-state index is 11.5.